The van der Waals surface area contributed by atoms with E-state index < -0.39 is 0 Å². The van der Waals surface area contributed by atoms with Gasteiger partial charge in [0.2, 0.25) is 0 Å². The van der Waals surface area contributed by atoms with Crippen LogP contribution in [0.2, 0.25) is 0 Å². The van der Waals surface area contributed by atoms with Crippen molar-refractivity contribution < 1.29 is 18.7 Å². The number of benzene rings is 2. The van der Waals surface area contributed by atoms with Gasteiger partial charge in [-0.2, -0.15) is 0 Å². The van der Waals surface area contributed by atoms with Crippen molar-refractivity contribution in [1.29, 1.82) is 0 Å². The molecular weight excluding hydrogens is 306 g/mol. The lowest BCUT2D eigenvalue weighted by atomic mass is 10.2. The molecular formula is C19H17NO4. The Balaban J connectivity index is 1.60. The molecule has 0 spiro atoms. The van der Waals surface area contributed by atoms with Crippen LogP contribution in [-0.4, -0.2) is 18.8 Å². The monoisotopic (exact) mass is 323 g/mol. The normalized spacial score (nSPS) is 11.9. The highest BCUT2D eigenvalue weighted by molar-refractivity contribution is 5.81. The number of furan rings is 1. The van der Waals surface area contributed by atoms with Gasteiger partial charge in [0.15, 0.2) is 12.9 Å². The molecule has 1 amide bonds. The zero-order chi connectivity index (χ0) is 16.9. The van der Waals surface area contributed by atoms with Gasteiger partial charge in [0.1, 0.15) is 17.1 Å². The second kappa shape index (κ2) is 7.00. The van der Waals surface area contributed by atoms with Gasteiger partial charge in [0.05, 0.1) is 11.6 Å². The van der Waals surface area contributed by atoms with E-state index in [1.807, 2.05) is 37.3 Å². The number of aldehydes is 1. The minimum atomic E-state index is -0.288. The van der Waals surface area contributed by atoms with Crippen molar-refractivity contribution in [2.24, 2.45) is 0 Å². The molecule has 1 heterocycles. The molecule has 1 unspecified atom stereocenters. The first kappa shape index (κ1) is 15.8. The summed E-state index contributed by atoms with van der Waals surface area (Å²) in [6, 6.07) is 16.1. The number of hydrogen-bond acceptors (Lipinski definition) is 4. The van der Waals surface area contributed by atoms with E-state index in [0.717, 1.165) is 11.0 Å². The van der Waals surface area contributed by atoms with E-state index in [0.29, 0.717) is 23.4 Å². The SMILES string of the molecule is CC(NC(=O)COc1ccccc1C=O)c1cc2ccccc2o1. The fourth-order valence-electron chi connectivity index (χ4n) is 2.42. The molecule has 0 bridgehead atoms. The van der Waals surface area contributed by atoms with E-state index in [1.54, 1.807) is 24.3 Å². The van der Waals surface area contributed by atoms with Crippen molar-refractivity contribution in [3.63, 3.8) is 0 Å². The summed E-state index contributed by atoms with van der Waals surface area (Å²) in [7, 11) is 0. The van der Waals surface area contributed by atoms with Gasteiger partial charge in [-0.1, -0.05) is 30.3 Å². The maximum Gasteiger partial charge on any atom is 0.258 e. The average Bonchev–Trinajstić information content (AvgIpc) is 3.04. The van der Waals surface area contributed by atoms with Crippen molar-refractivity contribution in [1.82, 2.24) is 5.32 Å². The zero-order valence-electron chi connectivity index (χ0n) is 13.2. The van der Waals surface area contributed by atoms with E-state index in [9.17, 15) is 9.59 Å². The zero-order valence-corrected chi connectivity index (χ0v) is 13.2. The quantitative estimate of drug-likeness (QED) is 0.705. The van der Waals surface area contributed by atoms with E-state index in [1.165, 1.54) is 0 Å². The molecule has 3 aromatic rings. The highest BCUT2D eigenvalue weighted by Gasteiger charge is 2.15. The van der Waals surface area contributed by atoms with Crippen molar-refractivity contribution >= 4 is 23.2 Å². The van der Waals surface area contributed by atoms with Gasteiger partial charge in [-0.25, -0.2) is 0 Å². The lowest BCUT2D eigenvalue weighted by Crippen LogP contribution is -2.31. The summed E-state index contributed by atoms with van der Waals surface area (Å²) in [5.41, 5.74) is 1.19. The number of nitrogens with one attached hydrogen (secondary N) is 1. The molecule has 24 heavy (non-hydrogen) atoms. The Kier molecular flexibility index (Phi) is 4.61. The molecule has 0 aliphatic rings. The van der Waals surface area contributed by atoms with Gasteiger partial charge >= 0.3 is 0 Å². The highest BCUT2D eigenvalue weighted by atomic mass is 16.5. The second-order valence-corrected chi connectivity index (χ2v) is 5.42. The van der Waals surface area contributed by atoms with E-state index in [-0.39, 0.29) is 18.6 Å². The van der Waals surface area contributed by atoms with E-state index in [2.05, 4.69) is 5.32 Å². The molecule has 0 aliphatic heterocycles. The Morgan fingerprint density at radius 1 is 1.21 bits per heavy atom. The third kappa shape index (κ3) is 3.46. The number of ether oxygens (including phenoxy) is 1. The third-order valence-corrected chi connectivity index (χ3v) is 3.65. The maximum atomic E-state index is 12.0. The van der Waals surface area contributed by atoms with Crippen LogP contribution < -0.4 is 10.1 Å². The summed E-state index contributed by atoms with van der Waals surface area (Å²) >= 11 is 0. The minimum absolute atomic E-state index is 0.171. The summed E-state index contributed by atoms with van der Waals surface area (Å²) in [5.74, 6) is 0.778. The van der Waals surface area contributed by atoms with Gasteiger partial charge in [-0.15, -0.1) is 0 Å². The first-order valence-corrected chi connectivity index (χ1v) is 7.62. The molecule has 3 rings (SSSR count). The standard InChI is InChI=1S/C19H17NO4/c1-13(18-10-14-6-2-5-9-17(14)24-18)20-19(22)12-23-16-8-4-3-7-15(16)11-21/h2-11,13H,12H2,1H3,(H,20,22). The summed E-state index contributed by atoms with van der Waals surface area (Å²) in [6.07, 6.45) is 0.699. The van der Waals surface area contributed by atoms with Crippen LogP contribution in [-0.2, 0) is 4.79 Å². The van der Waals surface area contributed by atoms with Crippen LogP contribution in [0.3, 0.4) is 0 Å². The molecule has 0 fully saturated rings. The number of rotatable bonds is 6. The van der Waals surface area contributed by atoms with Crippen molar-refractivity contribution in [3.8, 4) is 5.75 Å². The lowest BCUT2D eigenvalue weighted by molar-refractivity contribution is -0.123. The minimum Gasteiger partial charge on any atom is -0.483 e. The van der Waals surface area contributed by atoms with Crippen LogP contribution in [0.5, 0.6) is 5.75 Å². The molecule has 0 radical (unpaired) electrons. The molecule has 1 aromatic heterocycles. The van der Waals surface area contributed by atoms with Crippen LogP contribution in [0.15, 0.2) is 59.0 Å². The lowest BCUT2D eigenvalue weighted by Gasteiger charge is -2.12. The molecule has 5 nitrogen and oxygen atoms in total. The molecule has 2 aromatic carbocycles. The van der Waals surface area contributed by atoms with E-state index in [4.69, 9.17) is 9.15 Å². The predicted molar refractivity (Wildman–Crippen MR) is 90.1 cm³/mol. The van der Waals surface area contributed by atoms with Crippen molar-refractivity contribution in [2.75, 3.05) is 6.61 Å². The number of carbonyl (C=O) groups is 2. The number of hydrogen-bond donors (Lipinski definition) is 1. The molecule has 1 N–H and O–H groups in total. The van der Waals surface area contributed by atoms with Crippen LogP contribution >= 0.6 is 0 Å². The van der Waals surface area contributed by atoms with Gasteiger partial charge in [-0.3, -0.25) is 9.59 Å². The Bertz CT molecular complexity index is 835. The first-order valence-electron chi connectivity index (χ1n) is 7.62. The summed E-state index contributed by atoms with van der Waals surface area (Å²) < 4.78 is 11.1. The Hall–Kier alpha value is -3.08. The molecule has 1 atom stereocenters. The first-order chi connectivity index (χ1) is 11.7. The second-order valence-electron chi connectivity index (χ2n) is 5.42. The fourth-order valence-corrected chi connectivity index (χ4v) is 2.42. The maximum absolute atomic E-state index is 12.0. The summed E-state index contributed by atoms with van der Waals surface area (Å²) in [4.78, 5) is 23.0. The summed E-state index contributed by atoms with van der Waals surface area (Å²) in [5, 5.41) is 3.81. The van der Waals surface area contributed by atoms with Crippen molar-refractivity contribution in [3.05, 3.63) is 65.9 Å². The fraction of sp³-hybridized carbons (Fsp3) is 0.158. The Morgan fingerprint density at radius 2 is 1.96 bits per heavy atom. The third-order valence-electron chi connectivity index (χ3n) is 3.65. The van der Waals surface area contributed by atoms with Crippen LogP contribution in [0, 0.1) is 0 Å². The van der Waals surface area contributed by atoms with Crippen LogP contribution in [0.25, 0.3) is 11.0 Å². The van der Waals surface area contributed by atoms with Gasteiger partial charge in [-0.05, 0) is 31.2 Å². The van der Waals surface area contributed by atoms with Gasteiger partial charge in [0, 0.05) is 5.39 Å². The van der Waals surface area contributed by atoms with Crippen LogP contribution in [0.1, 0.15) is 29.1 Å². The number of fused-ring (bicyclic) bond motifs is 1. The van der Waals surface area contributed by atoms with Gasteiger partial charge in [0.25, 0.3) is 5.91 Å². The topological polar surface area (TPSA) is 68.5 Å². The molecule has 0 saturated carbocycles. The molecule has 122 valence electrons. The highest BCUT2D eigenvalue weighted by Crippen LogP contribution is 2.23. The number of carbonyl (C=O) groups excluding carboxylic acids is 2. The molecule has 0 saturated heterocycles. The van der Waals surface area contributed by atoms with Crippen molar-refractivity contribution in [2.45, 2.75) is 13.0 Å². The van der Waals surface area contributed by atoms with Crippen LogP contribution in [0.4, 0.5) is 0 Å². The number of para-hydroxylation sites is 2. The smallest absolute Gasteiger partial charge is 0.258 e. The molecule has 0 aliphatic carbocycles. The van der Waals surface area contributed by atoms with Gasteiger partial charge < -0.3 is 14.5 Å². The number of amides is 1. The Morgan fingerprint density at radius 3 is 2.75 bits per heavy atom. The van der Waals surface area contributed by atoms with E-state index >= 15 is 0 Å². The molecule has 5 heteroatoms. The Labute approximate surface area is 139 Å². The largest absolute Gasteiger partial charge is 0.483 e. The predicted octanol–water partition coefficient (Wildman–Crippen LogP) is 3.50. The average molecular weight is 323 g/mol. The summed E-state index contributed by atoms with van der Waals surface area (Å²) in [6.45, 7) is 1.67.